The molecule has 3 rings (SSSR count). The van der Waals surface area contributed by atoms with Crippen molar-refractivity contribution >= 4 is 45.3 Å². The Kier molecular flexibility index (Phi) is 4.51. The number of thioether (sulfide) groups is 1. The summed E-state index contributed by atoms with van der Waals surface area (Å²) in [6.45, 7) is 0. The summed E-state index contributed by atoms with van der Waals surface area (Å²) in [6.07, 6.45) is 3.75. The van der Waals surface area contributed by atoms with Crippen LogP contribution >= 0.6 is 23.4 Å². The van der Waals surface area contributed by atoms with Gasteiger partial charge in [-0.15, -0.1) is 0 Å². The van der Waals surface area contributed by atoms with Crippen LogP contribution in [0.2, 0.25) is 5.15 Å². The molecule has 0 saturated carbocycles. The van der Waals surface area contributed by atoms with Gasteiger partial charge in [0.2, 0.25) is 0 Å². The molecule has 0 aliphatic heterocycles. The molecule has 1 aromatic carbocycles. The first-order chi connectivity index (χ1) is 11.2. The summed E-state index contributed by atoms with van der Waals surface area (Å²) in [5, 5.41) is 12.3. The summed E-state index contributed by atoms with van der Waals surface area (Å²) < 4.78 is 0. The Morgan fingerprint density at radius 1 is 1.35 bits per heavy atom. The lowest BCUT2D eigenvalue weighted by Crippen LogP contribution is -2.12. The lowest BCUT2D eigenvalue weighted by Gasteiger charge is -2.05. The van der Waals surface area contributed by atoms with Gasteiger partial charge < -0.3 is 4.98 Å². The van der Waals surface area contributed by atoms with Crippen LogP contribution in [-0.4, -0.2) is 21.4 Å². The lowest BCUT2D eigenvalue weighted by atomic mass is 10.1. The summed E-state index contributed by atoms with van der Waals surface area (Å²) >= 11 is 7.32. The molecule has 114 valence electrons. The number of benzene rings is 1. The van der Waals surface area contributed by atoms with Crippen molar-refractivity contribution in [2.75, 3.05) is 6.26 Å². The van der Waals surface area contributed by atoms with Gasteiger partial charge in [0, 0.05) is 5.56 Å². The molecular weight excluding hydrogens is 330 g/mol. The summed E-state index contributed by atoms with van der Waals surface area (Å²) in [5.41, 5.74) is 4.28. The number of fused-ring (bicyclic) bond motifs is 1. The van der Waals surface area contributed by atoms with Gasteiger partial charge in [-0.05, 0) is 30.5 Å². The van der Waals surface area contributed by atoms with E-state index in [1.807, 2.05) is 48.8 Å². The second-order valence-electron chi connectivity index (χ2n) is 4.62. The molecule has 2 aromatic heterocycles. The summed E-state index contributed by atoms with van der Waals surface area (Å²) in [4.78, 5) is 12.1. The predicted octanol–water partition coefficient (Wildman–Crippen LogP) is 4.30. The SMILES string of the molecule is CSC(=Nc1ccccc1-c1cc2nc(Cl)ccc2[nH]1)NC#N. The van der Waals surface area contributed by atoms with Gasteiger partial charge in [-0.1, -0.05) is 41.6 Å². The van der Waals surface area contributed by atoms with E-state index < -0.39 is 0 Å². The van der Waals surface area contributed by atoms with Crippen LogP contribution < -0.4 is 5.32 Å². The first-order valence-electron chi connectivity index (χ1n) is 6.73. The predicted molar refractivity (Wildman–Crippen MR) is 95.9 cm³/mol. The zero-order valence-corrected chi connectivity index (χ0v) is 13.7. The number of aromatic amines is 1. The van der Waals surface area contributed by atoms with E-state index >= 15 is 0 Å². The summed E-state index contributed by atoms with van der Waals surface area (Å²) in [5.74, 6) is 0. The molecule has 0 aliphatic rings. The number of aliphatic imine (C=N–C) groups is 1. The van der Waals surface area contributed by atoms with E-state index in [4.69, 9.17) is 16.9 Å². The first kappa shape index (κ1) is 15.4. The number of rotatable bonds is 2. The number of amidine groups is 1. The van der Waals surface area contributed by atoms with Gasteiger partial charge in [-0.2, -0.15) is 5.26 Å². The van der Waals surface area contributed by atoms with Gasteiger partial charge in [-0.3, -0.25) is 5.32 Å². The zero-order valence-electron chi connectivity index (χ0n) is 12.2. The van der Waals surface area contributed by atoms with Crippen molar-refractivity contribution in [3.63, 3.8) is 0 Å². The fourth-order valence-electron chi connectivity index (χ4n) is 2.21. The summed E-state index contributed by atoms with van der Waals surface area (Å²) in [7, 11) is 0. The minimum atomic E-state index is 0.456. The molecule has 0 unspecified atom stereocenters. The quantitative estimate of drug-likeness (QED) is 0.239. The molecule has 0 bridgehead atoms. The van der Waals surface area contributed by atoms with Crippen molar-refractivity contribution in [2.45, 2.75) is 0 Å². The second kappa shape index (κ2) is 6.73. The van der Waals surface area contributed by atoms with Crippen molar-refractivity contribution in [3.8, 4) is 17.5 Å². The monoisotopic (exact) mass is 341 g/mol. The molecule has 0 amide bonds. The molecule has 7 heteroatoms. The Hall–Kier alpha value is -2.49. The normalized spacial score (nSPS) is 11.4. The fraction of sp³-hybridized carbons (Fsp3) is 0.0625. The highest BCUT2D eigenvalue weighted by atomic mass is 35.5. The molecule has 0 saturated heterocycles. The van der Waals surface area contributed by atoms with Crippen LogP contribution in [0.15, 0.2) is 47.5 Å². The minimum Gasteiger partial charge on any atom is -0.353 e. The van der Waals surface area contributed by atoms with Crippen molar-refractivity contribution in [1.29, 1.82) is 5.26 Å². The van der Waals surface area contributed by atoms with Crippen LogP contribution in [-0.2, 0) is 0 Å². The maximum Gasteiger partial charge on any atom is 0.183 e. The number of H-pyrrole nitrogens is 1. The van der Waals surface area contributed by atoms with Crippen LogP contribution in [0, 0.1) is 11.5 Å². The largest absolute Gasteiger partial charge is 0.353 e. The standard InChI is InChI=1S/C16H12ClN5S/c1-23-16(19-9-18)22-11-5-3-2-4-10(11)13-8-14-12(20-13)6-7-15(17)21-14/h2-8,20H,1H3,(H,19,22). The Morgan fingerprint density at radius 3 is 2.96 bits per heavy atom. The topological polar surface area (TPSA) is 76.9 Å². The number of para-hydroxylation sites is 1. The van der Waals surface area contributed by atoms with Crippen LogP contribution in [0.5, 0.6) is 0 Å². The number of nitrogens with one attached hydrogen (secondary N) is 2. The number of hydrogen-bond donors (Lipinski definition) is 2. The third-order valence-corrected chi connectivity index (χ3v) is 4.00. The average molecular weight is 342 g/mol. The highest BCUT2D eigenvalue weighted by Gasteiger charge is 2.09. The van der Waals surface area contributed by atoms with Gasteiger partial charge >= 0.3 is 0 Å². The first-order valence-corrected chi connectivity index (χ1v) is 8.34. The van der Waals surface area contributed by atoms with Gasteiger partial charge in [0.25, 0.3) is 0 Å². The van der Waals surface area contributed by atoms with Crippen LogP contribution in [0.3, 0.4) is 0 Å². The van der Waals surface area contributed by atoms with Gasteiger partial charge in [0.05, 0.1) is 22.4 Å². The van der Waals surface area contributed by atoms with Crippen molar-refractivity contribution < 1.29 is 0 Å². The second-order valence-corrected chi connectivity index (χ2v) is 5.81. The third kappa shape index (κ3) is 3.31. The molecule has 2 heterocycles. The summed E-state index contributed by atoms with van der Waals surface area (Å²) in [6, 6.07) is 13.3. The minimum absolute atomic E-state index is 0.456. The number of pyridine rings is 1. The zero-order chi connectivity index (χ0) is 16.2. The van der Waals surface area contributed by atoms with Gasteiger partial charge in [0.15, 0.2) is 11.4 Å². The fourth-order valence-corrected chi connectivity index (χ4v) is 2.70. The molecule has 0 spiro atoms. The maximum absolute atomic E-state index is 8.77. The highest BCUT2D eigenvalue weighted by molar-refractivity contribution is 8.13. The van der Waals surface area contributed by atoms with E-state index in [0.29, 0.717) is 10.3 Å². The number of hydrogen-bond acceptors (Lipinski definition) is 4. The number of aromatic nitrogens is 2. The molecular formula is C16H12ClN5S. The van der Waals surface area contributed by atoms with E-state index in [1.54, 1.807) is 6.07 Å². The van der Waals surface area contributed by atoms with E-state index in [0.717, 1.165) is 28.0 Å². The molecule has 0 aliphatic carbocycles. The van der Waals surface area contributed by atoms with Crippen LogP contribution in [0.4, 0.5) is 5.69 Å². The smallest absolute Gasteiger partial charge is 0.183 e. The Labute approximate surface area is 142 Å². The van der Waals surface area contributed by atoms with Gasteiger partial charge in [0.1, 0.15) is 5.15 Å². The Morgan fingerprint density at radius 2 is 2.17 bits per heavy atom. The Balaban J connectivity index is 2.10. The number of halogens is 1. The average Bonchev–Trinajstić information content (AvgIpc) is 2.97. The van der Waals surface area contributed by atoms with Crippen LogP contribution in [0.25, 0.3) is 22.3 Å². The van der Waals surface area contributed by atoms with Gasteiger partial charge in [-0.25, -0.2) is 9.98 Å². The molecule has 0 atom stereocenters. The van der Waals surface area contributed by atoms with Crippen molar-refractivity contribution in [1.82, 2.24) is 15.3 Å². The lowest BCUT2D eigenvalue weighted by molar-refractivity contribution is 1.28. The molecule has 5 nitrogen and oxygen atoms in total. The van der Waals surface area contributed by atoms with E-state index in [-0.39, 0.29) is 0 Å². The third-order valence-electron chi connectivity index (χ3n) is 3.21. The van der Waals surface area contributed by atoms with Crippen molar-refractivity contribution in [2.24, 2.45) is 4.99 Å². The number of nitrogens with zero attached hydrogens (tertiary/aromatic N) is 3. The maximum atomic E-state index is 8.77. The number of nitriles is 1. The molecule has 0 fully saturated rings. The van der Waals surface area contributed by atoms with E-state index in [2.05, 4.69) is 20.3 Å². The van der Waals surface area contributed by atoms with Crippen LogP contribution in [0.1, 0.15) is 0 Å². The Bertz CT molecular complexity index is 926. The van der Waals surface area contributed by atoms with E-state index in [9.17, 15) is 0 Å². The van der Waals surface area contributed by atoms with Crippen molar-refractivity contribution in [3.05, 3.63) is 47.6 Å². The molecule has 3 aromatic rings. The highest BCUT2D eigenvalue weighted by Crippen LogP contribution is 2.32. The van der Waals surface area contributed by atoms with E-state index in [1.165, 1.54) is 11.8 Å². The molecule has 0 radical (unpaired) electrons. The molecule has 2 N–H and O–H groups in total. The molecule has 23 heavy (non-hydrogen) atoms.